The van der Waals surface area contributed by atoms with E-state index in [4.69, 9.17) is 0 Å². The van der Waals surface area contributed by atoms with Gasteiger partial charge in [-0.15, -0.1) is 11.3 Å². The zero-order valence-electron chi connectivity index (χ0n) is 15.9. The molecule has 0 amide bonds. The summed E-state index contributed by atoms with van der Waals surface area (Å²) in [5.74, 6) is -0.180. The molecule has 0 saturated heterocycles. The molecule has 0 bridgehead atoms. The van der Waals surface area contributed by atoms with E-state index in [2.05, 4.69) is 9.97 Å². The second-order valence-electron chi connectivity index (χ2n) is 6.38. The Hall–Kier alpha value is -2.19. The van der Waals surface area contributed by atoms with Gasteiger partial charge in [0.05, 0.1) is 16.5 Å². The number of carbonyl (C=O) groups is 2. The number of hydrogen-bond donors (Lipinski definition) is 1. The topological polar surface area (TPSA) is 84.8 Å². The first-order valence-electron chi connectivity index (χ1n) is 8.65. The lowest BCUT2D eigenvalue weighted by atomic mass is 10.0. The molecule has 0 radical (unpaired) electrons. The van der Waals surface area contributed by atoms with Crippen LogP contribution >= 0.6 is 23.1 Å². The van der Waals surface area contributed by atoms with Crippen LogP contribution in [-0.4, -0.2) is 31.4 Å². The van der Waals surface area contributed by atoms with Crippen molar-refractivity contribution in [3.05, 3.63) is 44.3 Å². The lowest BCUT2D eigenvalue weighted by Gasteiger charge is -2.14. The summed E-state index contributed by atoms with van der Waals surface area (Å²) in [6.07, 6.45) is 0. The van der Waals surface area contributed by atoms with Gasteiger partial charge in [-0.05, 0) is 51.6 Å². The molecule has 0 spiro atoms. The maximum atomic E-state index is 13.0. The number of rotatable bonds is 6. The molecular weight excluding hydrogens is 382 g/mol. The summed E-state index contributed by atoms with van der Waals surface area (Å²) in [7, 11) is 0. The normalized spacial score (nSPS) is 12.5. The van der Waals surface area contributed by atoms with Gasteiger partial charge in [0.1, 0.15) is 4.70 Å². The number of carbonyl (C=O) groups excluding carboxylic acids is 2. The molecule has 1 atom stereocenters. The van der Waals surface area contributed by atoms with Gasteiger partial charge in [-0.25, -0.2) is 4.98 Å². The minimum absolute atomic E-state index is 0.0648. The Morgan fingerprint density at radius 2 is 2.07 bits per heavy atom. The summed E-state index contributed by atoms with van der Waals surface area (Å²) in [4.78, 5) is 45.1. The third-order valence-corrected chi connectivity index (χ3v) is 6.52. The van der Waals surface area contributed by atoms with Crippen LogP contribution in [0.3, 0.4) is 0 Å². The van der Waals surface area contributed by atoms with Crippen molar-refractivity contribution in [2.24, 2.45) is 0 Å². The molecule has 1 unspecified atom stereocenters. The highest BCUT2D eigenvalue weighted by Gasteiger charge is 2.25. The van der Waals surface area contributed by atoms with Crippen molar-refractivity contribution in [3.8, 4) is 0 Å². The SMILES string of the molecule is CCn1c(SC(C)C(=O)c2[nH]c(C)c(C(C)=O)c2C)nc2ccsc2c1=O. The number of aromatic amines is 1. The predicted octanol–water partition coefficient (Wildman–Crippen LogP) is 3.99. The molecule has 3 rings (SSSR count). The highest BCUT2D eigenvalue weighted by molar-refractivity contribution is 8.00. The van der Waals surface area contributed by atoms with Crippen LogP contribution in [-0.2, 0) is 6.54 Å². The second kappa shape index (κ2) is 7.44. The molecule has 27 heavy (non-hydrogen) atoms. The number of H-pyrrole nitrogens is 1. The zero-order chi connectivity index (χ0) is 19.9. The molecule has 0 aromatic carbocycles. The van der Waals surface area contributed by atoms with Gasteiger partial charge < -0.3 is 4.98 Å². The number of fused-ring (bicyclic) bond motifs is 1. The van der Waals surface area contributed by atoms with Crippen molar-refractivity contribution in [1.29, 1.82) is 0 Å². The zero-order valence-corrected chi connectivity index (χ0v) is 17.5. The van der Waals surface area contributed by atoms with E-state index in [1.54, 1.807) is 25.3 Å². The average molecular weight is 404 g/mol. The van der Waals surface area contributed by atoms with Crippen LogP contribution in [0.4, 0.5) is 0 Å². The van der Waals surface area contributed by atoms with E-state index < -0.39 is 5.25 Å². The summed E-state index contributed by atoms with van der Waals surface area (Å²) >= 11 is 2.64. The molecule has 142 valence electrons. The summed E-state index contributed by atoms with van der Waals surface area (Å²) in [5, 5.41) is 1.92. The minimum atomic E-state index is -0.456. The molecule has 3 aromatic heterocycles. The van der Waals surface area contributed by atoms with E-state index in [0.717, 1.165) is 0 Å². The number of nitrogens with one attached hydrogen (secondary N) is 1. The van der Waals surface area contributed by atoms with Crippen LogP contribution in [0.1, 0.15) is 52.9 Å². The Morgan fingerprint density at radius 1 is 1.37 bits per heavy atom. The van der Waals surface area contributed by atoms with Crippen molar-refractivity contribution in [1.82, 2.24) is 14.5 Å². The van der Waals surface area contributed by atoms with Crippen molar-refractivity contribution in [3.63, 3.8) is 0 Å². The van der Waals surface area contributed by atoms with E-state index in [-0.39, 0.29) is 17.1 Å². The fraction of sp³-hybridized carbons (Fsp3) is 0.368. The van der Waals surface area contributed by atoms with Gasteiger partial charge in [0.2, 0.25) is 0 Å². The highest BCUT2D eigenvalue weighted by atomic mass is 32.2. The third-order valence-electron chi connectivity index (χ3n) is 4.53. The standard InChI is InChI=1S/C19H21N3O3S2/c1-6-22-18(25)17-13(7-8-26-17)21-19(22)27-12(5)16(24)15-9(2)14(11(4)23)10(3)20-15/h7-8,12,20H,6H2,1-5H3. The average Bonchev–Trinajstić information content (AvgIpc) is 3.18. The summed E-state index contributed by atoms with van der Waals surface area (Å²) in [5.41, 5.74) is 2.96. The quantitative estimate of drug-likeness (QED) is 0.382. The summed E-state index contributed by atoms with van der Waals surface area (Å²) in [6.45, 7) is 9.23. The molecule has 8 heteroatoms. The van der Waals surface area contributed by atoms with Gasteiger partial charge >= 0.3 is 0 Å². The minimum Gasteiger partial charge on any atom is -0.355 e. The van der Waals surface area contributed by atoms with Crippen LogP contribution < -0.4 is 5.56 Å². The van der Waals surface area contributed by atoms with E-state index >= 15 is 0 Å². The highest BCUT2D eigenvalue weighted by Crippen LogP contribution is 2.28. The Balaban J connectivity index is 1.96. The van der Waals surface area contributed by atoms with Gasteiger partial charge in [-0.2, -0.15) is 0 Å². The maximum absolute atomic E-state index is 13.0. The predicted molar refractivity (Wildman–Crippen MR) is 109 cm³/mol. The van der Waals surface area contributed by atoms with Crippen molar-refractivity contribution in [2.75, 3.05) is 0 Å². The van der Waals surface area contributed by atoms with Gasteiger partial charge in [-0.1, -0.05) is 11.8 Å². The first-order valence-corrected chi connectivity index (χ1v) is 10.4. The van der Waals surface area contributed by atoms with Crippen LogP contribution in [0.5, 0.6) is 0 Å². The van der Waals surface area contributed by atoms with Gasteiger partial charge in [-0.3, -0.25) is 19.0 Å². The maximum Gasteiger partial charge on any atom is 0.272 e. The molecule has 0 fully saturated rings. The molecule has 3 aromatic rings. The number of aryl methyl sites for hydroxylation is 1. The second-order valence-corrected chi connectivity index (χ2v) is 8.61. The van der Waals surface area contributed by atoms with Crippen molar-refractivity contribution < 1.29 is 9.59 Å². The molecular formula is C19H21N3O3S2. The first kappa shape index (κ1) is 19.6. The largest absolute Gasteiger partial charge is 0.355 e. The van der Waals surface area contributed by atoms with Gasteiger partial charge in [0, 0.05) is 17.8 Å². The van der Waals surface area contributed by atoms with E-state index in [1.807, 2.05) is 18.4 Å². The Kier molecular flexibility index (Phi) is 5.39. The number of Topliss-reactive ketones (excluding diaryl/α,β-unsaturated/α-hetero) is 2. The van der Waals surface area contributed by atoms with Crippen molar-refractivity contribution in [2.45, 2.75) is 51.6 Å². The van der Waals surface area contributed by atoms with Gasteiger partial charge in [0.15, 0.2) is 16.7 Å². The molecule has 0 aliphatic rings. The van der Waals surface area contributed by atoms with E-state index in [9.17, 15) is 14.4 Å². The van der Waals surface area contributed by atoms with Gasteiger partial charge in [0.25, 0.3) is 5.56 Å². The first-order chi connectivity index (χ1) is 12.8. The Morgan fingerprint density at radius 3 is 2.67 bits per heavy atom. The summed E-state index contributed by atoms with van der Waals surface area (Å²) < 4.78 is 2.23. The molecule has 0 saturated carbocycles. The molecule has 1 N–H and O–H groups in total. The lowest BCUT2D eigenvalue weighted by Crippen LogP contribution is -2.24. The monoisotopic (exact) mass is 403 g/mol. The fourth-order valence-electron chi connectivity index (χ4n) is 3.23. The van der Waals surface area contributed by atoms with Crippen LogP contribution in [0.25, 0.3) is 10.2 Å². The fourth-order valence-corrected chi connectivity index (χ4v) is 5.04. The summed E-state index contributed by atoms with van der Waals surface area (Å²) in [6, 6.07) is 1.82. The number of nitrogens with zero attached hydrogens (tertiary/aromatic N) is 2. The van der Waals surface area contributed by atoms with E-state index in [0.29, 0.717) is 44.4 Å². The number of thiophene rings is 1. The lowest BCUT2D eigenvalue weighted by molar-refractivity contribution is 0.0988. The molecule has 3 heterocycles. The van der Waals surface area contributed by atoms with Crippen molar-refractivity contribution >= 4 is 44.9 Å². The Labute approximate surface area is 165 Å². The third kappa shape index (κ3) is 3.39. The van der Waals surface area contributed by atoms with Crippen LogP contribution in [0.2, 0.25) is 0 Å². The van der Waals surface area contributed by atoms with Crippen LogP contribution in [0, 0.1) is 13.8 Å². The number of ketones is 2. The number of hydrogen-bond acceptors (Lipinski definition) is 6. The smallest absolute Gasteiger partial charge is 0.272 e. The Bertz CT molecular complexity index is 1110. The molecule has 0 aliphatic carbocycles. The molecule has 0 aliphatic heterocycles. The molecule has 6 nitrogen and oxygen atoms in total. The van der Waals surface area contributed by atoms with E-state index in [1.165, 1.54) is 30.0 Å². The number of aromatic nitrogens is 3. The van der Waals surface area contributed by atoms with Crippen LogP contribution in [0.15, 0.2) is 21.4 Å². The number of thioether (sulfide) groups is 1.